The molecule has 0 radical (unpaired) electrons. The van der Waals surface area contributed by atoms with Gasteiger partial charge in [-0.25, -0.2) is 15.0 Å². The van der Waals surface area contributed by atoms with Gasteiger partial charge >= 0.3 is 0 Å². The summed E-state index contributed by atoms with van der Waals surface area (Å²) in [7, 11) is 0. The van der Waals surface area contributed by atoms with Crippen molar-refractivity contribution in [1.29, 1.82) is 0 Å². The van der Waals surface area contributed by atoms with Crippen molar-refractivity contribution in [2.75, 3.05) is 11.9 Å². The number of nitrogens with zero attached hydrogens (tertiary/aromatic N) is 3. The van der Waals surface area contributed by atoms with Crippen molar-refractivity contribution in [3.8, 4) is 11.5 Å². The maximum absolute atomic E-state index is 4.83. The van der Waals surface area contributed by atoms with Gasteiger partial charge in [-0.2, -0.15) is 0 Å². The molecular weight excluding hydrogens is 383 g/mol. The Balaban J connectivity index is 2.07. The first-order chi connectivity index (χ1) is 9.79. The maximum Gasteiger partial charge on any atom is 0.181 e. The summed E-state index contributed by atoms with van der Waals surface area (Å²) in [6, 6.07) is 0. The number of anilines is 1. The molecule has 1 aliphatic carbocycles. The van der Waals surface area contributed by atoms with Gasteiger partial charge in [0.05, 0.1) is 14.8 Å². The second-order valence-corrected chi connectivity index (χ2v) is 6.78. The van der Waals surface area contributed by atoms with Gasteiger partial charge < -0.3 is 5.32 Å². The minimum atomic E-state index is 0.583. The summed E-state index contributed by atoms with van der Waals surface area (Å²) in [6.07, 6.45) is 5.12. The smallest absolute Gasteiger partial charge is 0.181 e. The minimum Gasteiger partial charge on any atom is -0.369 e. The van der Waals surface area contributed by atoms with Gasteiger partial charge in [0.1, 0.15) is 11.5 Å². The fourth-order valence-electron chi connectivity index (χ4n) is 2.66. The molecule has 0 aromatic carbocycles. The lowest BCUT2D eigenvalue weighted by atomic mass is 10.0. The zero-order valence-electron chi connectivity index (χ0n) is 11.4. The molecule has 20 heavy (non-hydrogen) atoms. The molecule has 0 unspecified atom stereocenters. The molecule has 1 N–H and O–H groups in total. The second-order valence-electron chi connectivity index (χ2n) is 4.98. The van der Waals surface area contributed by atoms with E-state index in [4.69, 9.17) is 4.98 Å². The molecule has 106 valence electrons. The molecule has 0 spiro atoms. The topological polar surface area (TPSA) is 50.7 Å². The molecular formula is C14H17IN4S. The highest BCUT2D eigenvalue weighted by molar-refractivity contribution is 14.1. The van der Waals surface area contributed by atoms with E-state index in [0.29, 0.717) is 5.92 Å². The van der Waals surface area contributed by atoms with Crippen LogP contribution >= 0.6 is 33.9 Å². The van der Waals surface area contributed by atoms with Crippen molar-refractivity contribution in [2.24, 2.45) is 0 Å². The number of hydrogen-bond donors (Lipinski definition) is 1. The van der Waals surface area contributed by atoms with E-state index in [9.17, 15) is 0 Å². The van der Waals surface area contributed by atoms with E-state index in [2.05, 4.69) is 44.8 Å². The Morgan fingerprint density at radius 2 is 2.15 bits per heavy atom. The zero-order chi connectivity index (χ0) is 13.9. The van der Waals surface area contributed by atoms with Crippen LogP contribution in [0, 0.1) is 3.57 Å². The molecule has 2 aromatic heterocycles. The summed E-state index contributed by atoms with van der Waals surface area (Å²) in [5.74, 6) is 2.29. The Kier molecular flexibility index (Phi) is 4.50. The first-order valence-electron chi connectivity index (χ1n) is 6.99. The van der Waals surface area contributed by atoms with Crippen LogP contribution in [0.15, 0.2) is 10.9 Å². The lowest BCUT2D eigenvalue weighted by Crippen LogP contribution is -2.10. The highest BCUT2D eigenvalue weighted by atomic mass is 127. The van der Waals surface area contributed by atoms with E-state index >= 15 is 0 Å². The molecule has 1 saturated carbocycles. The summed E-state index contributed by atoms with van der Waals surface area (Å²) >= 11 is 3.97. The molecule has 2 aromatic rings. The molecule has 4 nitrogen and oxygen atoms in total. The first kappa shape index (κ1) is 14.2. The van der Waals surface area contributed by atoms with Crippen LogP contribution in [0.5, 0.6) is 0 Å². The van der Waals surface area contributed by atoms with Crippen LogP contribution < -0.4 is 5.32 Å². The lowest BCUT2D eigenvalue weighted by Gasteiger charge is -2.15. The Bertz CT molecular complexity index is 579. The average Bonchev–Trinajstić information content (AvgIpc) is 3.14. The number of thiazole rings is 1. The number of aromatic nitrogens is 3. The lowest BCUT2D eigenvalue weighted by molar-refractivity contribution is 0.690. The molecule has 0 bridgehead atoms. The van der Waals surface area contributed by atoms with E-state index in [1.165, 1.54) is 34.9 Å². The van der Waals surface area contributed by atoms with E-state index < -0.39 is 0 Å². The Morgan fingerprint density at radius 3 is 2.80 bits per heavy atom. The number of nitrogens with one attached hydrogen (secondary N) is 1. The molecule has 0 atom stereocenters. The molecule has 2 heterocycles. The van der Waals surface area contributed by atoms with E-state index in [1.54, 1.807) is 11.3 Å². The Labute approximate surface area is 136 Å². The van der Waals surface area contributed by atoms with Crippen molar-refractivity contribution < 1.29 is 0 Å². The van der Waals surface area contributed by atoms with Crippen LogP contribution in [0.3, 0.4) is 0 Å². The quantitative estimate of drug-likeness (QED) is 0.778. The standard InChI is InChI=1S/C14H17IN4S/c1-2-16-14-11(15)12(9-5-3-4-6-9)18-13(19-14)10-7-20-8-17-10/h7-9H,2-6H2,1H3,(H,16,18,19). The van der Waals surface area contributed by atoms with Crippen LogP contribution in [0.25, 0.3) is 11.5 Å². The second kappa shape index (κ2) is 6.34. The van der Waals surface area contributed by atoms with Gasteiger partial charge in [0, 0.05) is 17.8 Å². The molecule has 3 rings (SSSR count). The summed E-state index contributed by atoms with van der Waals surface area (Å²) in [4.78, 5) is 13.8. The molecule has 0 amide bonds. The van der Waals surface area contributed by atoms with Crippen molar-refractivity contribution in [2.45, 2.75) is 38.5 Å². The normalized spacial score (nSPS) is 15.7. The van der Waals surface area contributed by atoms with Crippen molar-refractivity contribution in [3.63, 3.8) is 0 Å². The Hall–Kier alpha value is -0.760. The van der Waals surface area contributed by atoms with E-state index in [1.807, 2.05) is 10.9 Å². The predicted molar refractivity (Wildman–Crippen MR) is 91.2 cm³/mol. The van der Waals surface area contributed by atoms with Crippen molar-refractivity contribution >= 4 is 39.7 Å². The predicted octanol–water partition coefficient (Wildman–Crippen LogP) is 4.29. The van der Waals surface area contributed by atoms with E-state index in [-0.39, 0.29) is 0 Å². The van der Waals surface area contributed by atoms with Crippen LogP contribution in [-0.4, -0.2) is 21.5 Å². The summed E-state index contributed by atoms with van der Waals surface area (Å²) in [6.45, 7) is 2.96. The third-order valence-corrected chi connectivity index (χ3v) is 5.27. The average molecular weight is 400 g/mol. The molecule has 0 saturated heterocycles. The van der Waals surface area contributed by atoms with Gasteiger partial charge in [-0.05, 0) is 42.4 Å². The largest absolute Gasteiger partial charge is 0.369 e. The van der Waals surface area contributed by atoms with Gasteiger partial charge in [0.25, 0.3) is 0 Å². The fourth-order valence-corrected chi connectivity index (χ4v) is 4.06. The maximum atomic E-state index is 4.83. The number of rotatable bonds is 4. The van der Waals surface area contributed by atoms with Crippen LogP contribution in [-0.2, 0) is 0 Å². The highest BCUT2D eigenvalue weighted by Gasteiger charge is 2.24. The molecule has 0 aliphatic heterocycles. The number of halogens is 1. The van der Waals surface area contributed by atoms with Crippen molar-refractivity contribution in [3.05, 3.63) is 20.2 Å². The third-order valence-electron chi connectivity index (χ3n) is 3.62. The molecule has 1 aliphatic rings. The fraction of sp³-hybridized carbons (Fsp3) is 0.500. The Morgan fingerprint density at radius 1 is 1.35 bits per heavy atom. The van der Waals surface area contributed by atoms with Gasteiger partial charge in [0.2, 0.25) is 0 Å². The monoisotopic (exact) mass is 400 g/mol. The molecule has 1 fully saturated rings. The van der Waals surface area contributed by atoms with E-state index in [0.717, 1.165) is 23.9 Å². The molecule has 6 heteroatoms. The minimum absolute atomic E-state index is 0.583. The zero-order valence-corrected chi connectivity index (χ0v) is 14.4. The summed E-state index contributed by atoms with van der Waals surface area (Å²) in [5, 5.41) is 5.37. The first-order valence-corrected chi connectivity index (χ1v) is 9.01. The van der Waals surface area contributed by atoms with Gasteiger partial charge in [0.15, 0.2) is 5.82 Å². The van der Waals surface area contributed by atoms with Gasteiger partial charge in [-0.3, -0.25) is 0 Å². The SMILES string of the molecule is CCNc1nc(-c2cscn2)nc(C2CCCC2)c1I. The van der Waals surface area contributed by atoms with Crippen molar-refractivity contribution in [1.82, 2.24) is 15.0 Å². The number of hydrogen-bond acceptors (Lipinski definition) is 5. The van der Waals surface area contributed by atoms with Crippen LogP contribution in [0.1, 0.15) is 44.2 Å². The van der Waals surface area contributed by atoms with Crippen LogP contribution in [0.4, 0.5) is 5.82 Å². The van der Waals surface area contributed by atoms with Gasteiger partial charge in [-0.1, -0.05) is 12.8 Å². The third kappa shape index (κ3) is 2.81. The highest BCUT2D eigenvalue weighted by Crippen LogP contribution is 2.37. The van der Waals surface area contributed by atoms with Gasteiger partial charge in [-0.15, -0.1) is 11.3 Å². The van der Waals surface area contributed by atoms with Crippen LogP contribution in [0.2, 0.25) is 0 Å². The summed E-state index contributed by atoms with van der Waals surface area (Å²) in [5.41, 5.74) is 3.92. The summed E-state index contributed by atoms with van der Waals surface area (Å²) < 4.78 is 1.18.